The van der Waals surface area contributed by atoms with Crippen LogP contribution in [-0.4, -0.2) is 29.1 Å². The van der Waals surface area contributed by atoms with Crippen LogP contribution in [0.15, 0.2) is 46.9 Å². The SMILES string of the molecule is O=C(NCc1ccc(O)cc1)C1CCN(c2nc3ccc(Cl)cc3o2)CC1. The Morgan fingerprint density at radius 1 is 1.22 bits per heavy atom. The number of halogens is 1. The first-order chi connectivity index (χ1) is 13.1. The number of hydrogen-bond donors (Lipinski definition) is 2. The van der Waals surface area contributed by atoms with E-state index in [2.05, 4.69) is 15.2 Å². The Labute approximate surface area is 161 Å². The molecule has 1 amide bonds. The molecule has 27 heavy (non-hydrogen) atoms. The van der Waals surface area contributed by atoms with Gasteiger partial charge in [0, 0.05) is 36.6 Å². The van der Waals surface area contributed by atoms with Gasteiger partial charge in [-0.15, -0.1) is 0 Å². The zero-order chi connectivity index (χ0) is 18.8. The third-order valence-electron chi connectivity index (χ3n) is 4.88. The molecule has 2 N–H and O–H groups in total. The van der Waals surface area contributed by atoms with Crippen molar-refractivity contribution in [3.05, 3.63) is 53.1 Å². The number of aromatic hydroxyl groups is 1. The van der Waals surface area contributed by atoms with Crippen LogP contribution in [0.5, 0.6) is 5.75 Å². The Kier molecular flexibility index (Phi) is 4.90. The number of amides is 1. The largest absolute Gasteiger partial charge is 0.508 e. The number of nitrogens with one attached hydrogen (secondary N) is 1. The third kappa shape index (κ3) is 4.01. The number of carbonyl (C=O) groups is 1. The number of oxazole rings is 1. The van der Waals surface area contributed by atoms with Crippen LogP contribution >= 0.6 is 11.6 Å². The van der Waals surface area contributed by atoms with Crippen LogP contribution in [0.3, 0.4) is 0 Å². The maximum absolute atomic E-state index is 12.4. The van der Waals surface area contributed by atoms with E-state index in [9.17, 15) is 9.90 Å². The number of phenols is 1. The number of aromatic nitrogens is 1. The Morgan fingerprint density at radius 3 is 2.70 bits per heavy atom. The predicted octanol–water partition coefficient (Wildman–Crippen LogP) is 3.72. The van der Waals surface area contributed by atoms with Crippen molar-refractivity contribution in [2.45, 2.75) is 19.4 Å². The summed E-state index contributed by atoms with van der Waals surface area (Å²) in [6, 6.07) is 12.8. The highest BCUT2D eigenvalue weighted by atomic mass is 35.5. The first-order valence-electron chi connectivity index (χ1n) is 8.95. The molecule has 0 aliphatic carbocycles. The van der Waals surface area contributed by atoms with Crippen molar-refractivity contribution in [3.8, 4) is 5.75 Å². The van der Waals surface area contributed by atoms with Gasteiger partial charge in [-0.25, -0.2) is 0 Å². The summed E-state index contributed by atoms with van der Waals surface area (Å²) in [6.45, 7) is 1.90. The van der Waals surface area contributed by atoms with Gasteiger partial charge in [-0.05, 0) is 42.7 Å². The average molecular weight is 386 g/mol. The molecule has 7 heteroatoms. The van der Waals surface area contributed by atoms with Gasteiger partial charge in [-0.3, -0.25) is 4.79 Å². The van der Waals surface area contributed by atoms with E-state index < -0.39 is 0 Å². The first kappa shape index (κ1) is 17.7. The molecule has 4 rings (SSSR count). The highest BCUT2D eigenvalue weighted by Crippen LogP contribution is 2.28. The molecule has 0 atom stereocenters. The van der Waals surface area contributed by atoms with E-state index in [0.29, 0.717) is 23.2 Å². The highest BCUT2D eigenvalue weighted by Gasteiger charge is 2.27. The minimum Gasteiger partial charge on any atom is -0.508 e. The molecule has 2 heterocycles. The van der Waals surface area contributed by atoms with Crippen LogP contribution in [0.1, 0.15) is 18.4 Å². The summed E-state index contributed by atoms with van der Waals surface area (Å²) in [5.41, 5.74) is 2.41. The van der Waals surface area contributed by atoms with Crippen LogP contribution in [0, 0.1) is 5.92 Å². The first-order valence-corrected chi connectivity index (χ1v) is 9.33. The number of rotatable bonds is 4. The van der Waals surface area contributed by atoms with E-state index in [0.717, 1.165) is 37.0 Å². The number of phenolic OH excluding ortho intramolecular Hbond substituents is 1. The summed E-state index contributed by atoms with van der Waals surface area (Å²) >= 11 is 5.99. The van der Waals surface area contributed by atoms with Crippen molar-refractivity contribution in [3.63, 3.8) is 0 Å². The van der Waals surface area contributed by atoms with Gasteiger partial charge < -0.3 is 19.7 Å². The van der Waals surface area contributed by atoms with Crippen molar-refractivity contribution in [2.24, 2.45) is 5.92 Å². The number of fused-ring (bicyclic) bond motifs is 1. The lowest BCUT2D eigenvalue weighted by atomic mass is 9.96. The van der Waals surface area contributed by atoms with Crippen molar-refractivity contribution in [1.82, 2.24) is 10.3 Å². The maximum Gasteiger partial charge on any atom is 0.298 e. The number of piperidine rings is 1. The smallest absolute Gasteiger partial charge is 0.298 e. The van der Waals surface area contributed by atoms with Gasteiger partial charge in [0.15, 0.2) is 5.58 Å². The van der Waals surface area contributed by atoms with Gasteiger partial charge in [0.1, 0.15) is 11.3 Å². The fourth-order valence-electron chi connectivity index (χ4n) is 3.30. The highest BCUT2D eigenvalue weighted by molar-refractivity contribution is 6.31. The quantitative estimate of drug-likeness (QED) is 0.715. The van der Waals surface area contributed by atoms with Crippen molar-refractivity contribution in [1.29, 1.82) is 0 Å². The van der Waals surface area contributed by atoms with E-state index in [4.69, 9.17) is 16.0 Å². The van der Waals surface area contributed by atoms with E-state index >= 15 is 0 Å². The van der Waals surface area contributed by atoms with Crippen LogP contribution in [0.2, 0.25) is 5.02 Å². The number of benzene rings is 2. The molecule has 1 aliphatic rings. The van der Waals surface area contributed by atoms with E-state index in [1.807, 2.05) is 6.07 Å². The van der Waals surface area contributed by atoms with E-state index in [-0.39, 0.29) is 17.6 Å². The molecule has 1 fully saturated rings. The molecular formula is C20H20ClN3O3. The lowest BCUT2D eigenvalue weighted by molar-refractivity contribution is -0.125. The summed E-state index contributed by atoms with van der Waals surface area (Å²) < 4.78 is 5.81. The molecule has 0 unspecified atom stereocenters. The number of hydrogen-bond acceptors (Lipinski definition) is 5. The van der Waals surface area contributed by atoms with Gasteiger partial charge in [-0.2, -0.15) is 4.98 Å². The molecule has 1 aromatic heterocycles. The molecular weight excluding hydrogens is 366 g/mol. The standard InChI is InChI=1S/C20H20ClN3O3/c21-15-3-6-17-18(11-15)27-20(23-17)24-9-7-14(8-10-24)19(26)22-12-13-1-4-16(25)5-2-13/h1-6,11,14,25H,7-10,12H2,(H,22,26). The van der Waals surface area contributed by atoms with Gasteiger partial charge in [-0.1, -0.05) is 23.7 Å². The minimum atomic E-state index is -0.0165. The van der Waals surface area contributed by atoms with Crippen LogP contribution < -0.4 is 10.2 Å². The number of nitrogens with zero attached hydrogens (tertiary/aromatic N) is 2. The van der Waals surface area contributed by atoms with E-state index in [1.54, 1.807) is 36.4 Å². The van der Waals surface area contributed by atoms with E-state index in [1.165, 1.54) is 0 Å². The maximum atomic E-state index is 12.4. The zero-order valence-corrected chi connectivity index (χ0v) is 15.4. The summed E-state index contributed by atoms with van der Waals surface area (Å²) in [7, 11) is 0. The van der Waals surface area contributed by atoms with Gasteiger partial charge in [0.25, 0.3) is 6.01 Å². The topological polar surface area (TPSA) is 78.6 Å². The summed E-state index contributed by atoms with van der Waals surface area (Å²) in [4.78, 5) is 19.0. The Hall–Kier alpha value is -2.73. The van der Waals surface area contributed by atoms with Gasteiger partial charge in [0.2, 0.25) is 5.91 Å². The third-order valence-corrected chi connectivity index (χ3v) is 5.11. The van der Waals surface area contributed by atoms with Crippen molar-refractivity contribution in [2.75, 3.05) is 18.0 Å². The van der Waals surface area contributed by atoms with Crippen molar-refractivity contribution >= 4 is 34.6 Å². The normalized spacial score (nSPS) is 15.2. The second-order valence-electron chi connectivity index (χ2n) is 6.75. The molecule has 1 aliphatic heterocycles. The monoisotopic (exact) mass is 385 g/mol. The molecule has 0 radical (unpaired) electrons. The lowest BCUT2D eigenvalue weighted by Crippen LogP contribution is -2.40. The zero-order valence-electron chi connectivity index (χ0n) is 14.7. The molecule has 140 valence electrons. The predicted molar refractivity (Wildman–Crippen MR) is 104 cm³/mol. The summed E-state index contributed by atoms with van der Waals surface area (Å²) in [5.74, 6) is 0.267. The fraction of sp³-hybridized carbons (Fsp3) is 0.300. The summed E-state index contributed by atoms with van der Waals surface area (Å²) in [5, 5.41) is 12.9. The fourth-order valence-corrected chi connectivity index (χ4v) is 3.46. The van der Waals surface area contributed by atoms with Crippen LogP contribution in [0.4, 0.5) is 6.01 Å². The molecule has 3 aromatic rings. The Balaban J connectivity index is 1.32. The Morgan fingerprint density at radius 2 is 1.96 bits per heavy atom. The lowest BCUT2D eigenvalue weighted by Gasteiger charge is -2.30. The van der Waals surface area contributed by atoms with Crippen molar-refractivity contribution < 1.29 is 14.3 Å². The molecule has 0 bridgehead atoms. The molecule has 2 aromatic carbocycles. The molecule has 1 saturated heterocycles. The van der Waals surface area contributed by atoms with Crippen LogP contribution in [0.25, 0.3) is 11.1 Å². The molecule has 0 saturated carbocycles. The molecule has 0 spiro atoms. The Bertz CT molecular complexity index is 947. The second kappa shape index (κ2) is 7.48. The second-order valence-corrected chi connectivity index (χ2v) is 7.19. The number of carbonyl (C=O) groups excluding carboxylic acids is 1. The summed E-state index contributed by atoms with van der Waals surface area (Å²) in [6.07, 6.45) is 1.50. The molecule has 6 nitrogen and oxygen atoms in total. The average Bonchev–Trinajstić information content (AvgIpc) is 3.10. The van der Waals surface area contributed by atoms with Crippen LogP contribution in [-0.2, 0) is 11.3 Å². The van der Waals surface area contributed by atoms with Gasteiger partial charge in [0.05, 0.1) is 0 Å². The van der Waals surface area contributed by atoms with Gasteiger partial charge >= 0.3 is 0 Å². The number of anilines is 1. The minimum absolute atomic E-state index is 0.0165.